The molecule has 1 heterocycles. The highest BCUT2D eigenvalue weighted by Crippen LogP contribution is 2.25. The number of anilines is 2. The summed E-state index contributed by atoms with van der Waals surface area (Å²) >= 11 is 0. The van der Waals surface area contributed by atoms with Gasteiger partial charge in [-0.1, -0.05) is 6.92 Å². The van der Waals surface area contributed by atoms with E-state index in [0.29, 0.717) is 65.6 Å². The number of pyridine rings is 1. The maximum Gasteiger partial charge on any atom is 0.219 e. The number of ether oxygens (including phenoxy) is 3. The topological polar surface area (TPSA) is 96.2 Å². The van der Waals surface area contributed by atoms with Crippen LogP contribution in [-0.2, 0) is 30.3 Å². The molecular weight excluding hydrogens is 582 g/mol. The van der Waals surface area contributed by atoms with Crippen molar-refractivity contribution in [1.29, 1.82) is 0 Å². The number of unbranched alkanes of at least 4 members (excludes halogenated alkanes) is 2. The van der Waals surface area contributed by atoms with E-state index in [1.807, 2.05) is 6.92 Å². The molecule has 0 saturated heterocycles. The molecule has 3 rings (SSSR count). The highest BCUT2D eigenvalue weighted by atomic mass is 16.5. The van der Waals surface area contributed by atoms with Crippen LogP contribution in [0.1, 0.15) is 51.9 Å². The second kappa shape index (κ2) is 20.6. The van der Waals surface area contributed by atoms with Gasteiger partial charge in [-0.15, -0.1) is 0 Å². The Hall–Kier alpha value is -3.47. The van der Waals surface area contributed by atoms with E-state index < -0.39 is 0 Å². The van der Waals surface area contributed by atoms with Gasteiger partial charge in [0.2, 0.25) is 22.8 Å². The molecule has 46 heavy (non-hydrogen) atoms. The summed E-state index contributed by atoms with van der Waals surface area (Å²) in [5.41, 5.74) is 4.84. The van der Waals surface area contributed by atoms with Crippen molar-refractivity contribution in [3.8, 4) is 0 Å². The highest BCUT2D eigenvalue weighted by molar-refractivity contribution is 5.91. The normalized spacial score (nSPS) is 11.2. The second-order valence-electron chi connectivity index (χ2n) is 12.0. The first kappa shape index (κ1) is 37.0. The Morgan fingerprint density at radius 1 is 0.630 bits per heavy atom. The quantitative estimate of drug-likeness (QED) is 0.0901. The Labute approximate surface area is 275 Å². The van der Waals surface area contributed by atoms with Gasteiger partial charge in [0.05, 0.1) is 26.4 Å². The summed E-state index contributed by atoms with van der Waals surface area (Å²) in [4.78, 5) is 27.8. The minimum absolute atomic E-state index is 0.0663. The Morgan fingerprint density at radius 2 is 1.13 bits per heavy atom. The van der Waals surface area contributed by atoms with Crippen molar-refractivity contribution in [2.24, 2.45) is 0 Å². The lowest BCUT2D eigenvalue weighted by atomic mass is 10.1. The zero-order chi connectivity index (χ0) is 33.1. The molecule has 1 aromatic heterocycles. The first-order chi connectivity index (χ1) is 22.3. The maximum atomic E-state index is 12.4. The molecule has 2 aromatic carbocycles. The first-order valence-corrected chi connectivity index (χ1v) is 16.8. The monoisotopic (exact) mass is 638 g/mol. The van der Waals surface area contributed by atoms with Gasteiger partial charge >= 0.3 is 0 Å². The summed E-state index contributed by atoms with van der Waals surface area (Å²) in [7, 11) is 8.30. The number of fused-ring (bicyclic) bond motifs is 2. The van der Waals surface area contributed by atoms with Gasteiger partial charge in [-0.05, 0) is 56.0 Å². The van der Waals surface area contributed by atoms with E-state index in [9.17, 15) is 9.59 Å². The van der Waals surface area contributed by atoms with Crippen LogP contribution in [-0.4, -0.2) is 92.7 Å². The van der Waals surface area contributed by atoms with Crippen LogP contribution in [0.2, 0.25) is 0 Å². The Balaban J connectivity index is 1.28. The molecule has 0 bridgehead atoms. The lowest BCUT2D eigenvalue weighted by molar-refractivity contribution is -0.645. The van der Waals surface area contributed by atoms with Gasteiger partial charge < -0.3 is 34.6 Å². The van der Waals surface area contributed by atoms with Crippen molar-refractivity contribution in [1.82, 2.24) is 10.6 Å². The maximum absolute atomic E-state index is 12.4. The molecule has 3 aromatic rings. The van der Waals surface area contributed by atoms with Crippen molar-refractivity contribution < 1.29 is 28.4 Å². The van der Waals surface area contributed by atoms with Gasteiger partial charge in [-0.2, -0.15) is 4.57 Å². The zero-order valence-electron chi connectivity index (χ0n) is 28.7. The second-order valence-corrected chi connectivity index (χ2v) is 12.0. The van der Waals surface area contributed by atoms with E-state index in [0.717, 1.165) is 38.6 Å². The fourth-order valence-electron chi connectivity index (χ4n) is 5.16. The molecule has 254 valence electrons. The van der Waals surface area contributed by atoms with E-state index in [2.05, 4.69) is 95.7 Å². The number of amides is 2. The number of aromatic nitrogens is 1. The summed E-state index contributed by atoms with van der Waals surface area (Å²) in [6, 6.07) is 15.6. The molecule has 10 heteroatoms. The largest absolute Gasteiger partial charge is 0.379 e. The van der Waals surface area contributed by atoms with Crippen LogP contribution in [0.3, 0.4) is 0 Å². The van der Waals surface area contributed by atoms with Crippen LogP contribution in [0.5, 0.6) is 0 Å². The van der Waals surface area contributed by atoms with Gasteiger partial charge in [0, 0.05) is 108 Å². The average molecular weight is 639 g/mol. The van der Waals surface area contributed by atoms with E-state index in [4.69, 9.17) is 14.2 Å². The summed E-state index contributed by atoms with van der Waals surface area (Å²) < 4.78 is 19.0. The molecule has 0 aliphatic heterocycles. The summed E-state index contributed by atoms with van der Waals surface area (Å²) in [5.74, 6) is 0.169. The van der Waals surface area contributed by atoms with Crippen LogP contribution in [0.25, 0.3) is 21.8 Å². The number of hydrogen-bond acceptors (Lipinski definition) is 7. The molecule has 10 nitrogen and oxygen atoms in total. The van der Waals surface area contributed by atoms with Crippen LogP contribution in [0.15, 0.2) is 42.5 Å². The lowest BCUT2D eigenvalue weighted by Gasteiger charge is -2.15. The molecule has 0 unspecified atom stereocenters. The standard InChI is InChI=1S/C36H55N5O5/c1-6-35(42)37-17-10-20-44-22-24-46-25-23-45-21-11-18-38-36(43)12-8-7-9-19-41-33-27-31(39(2)3)15-13-29(33)26-30-14-16-32(40(4)5)28-34(30)41/h13-16,26-28H,6-12,17-25H2,1-5H3,(H-,37,38,42,43)/p+1. The number of hydrogen-bond donors (Lipinski definition) is 2. The van der Waals surface area contributed by atoms with E-state index >= 15 is 0 Å². The number of nitrogens with zero attached hydrogens (tertiary/aromatic N) is 3. The summed E-state index contributed by atoms with van der Waals surface area (Å²) in [6.07, 6.45) is 5.49. The molecule has 0 aliphatic rings. The molecule has 2 amide bonds. The predicted molar refractivity (Wildman–Crippen MR) is 187 cm³/mol. The summed E-state index contributed by atoms with van der Waals surface area (Å²) in [6.45, 7) is 7.28. The van der Waals surface area contributed by atoms with Crippen molar-refractivity contribution in [2.45, 2.75) is 58.4 Å². The minimum Gasteiger partial charge on any atom is -0.379 e. The molecule has 0 atom stereocenters. The average Bonchev–Trinajstić information content (AvgIpc) is 3.05. The third kappa shape index (κ3) is 12.7. The number of nitrogens with one attached hydrogen (secondary N) is 2. The van der Waals surface area contributed by atoms with Crippen LogP contribution in [0.4, 0.5) is 11.4 Å². The molecule has 0 saturated carbocycles. The van der Waals surface area contributed by atoms with Gasteiger partial charge in [0.1, 0.15) is 6.54 Å². The number of benzene rings is 2. The Bertz CT molecular complexity index is 1300. The van der Waals surface area contributed by atoms with Crippen molar-refractivity contribution in [2.75, 3.05) is 90.7 Å². The van der Waals surface area contributed by atoms with Crippen LogP contribution >= 0.6 is 0 Å². The first-order valence-electron chi connectivity index (χ1n) is 16.8. The van der Waals surface area contributed by atoms with Crippen molar-refractivity contribution >= 4 is 45.0 Å². The Morgan fingerprint density at radius 3 is 1.63 bits per heavy atom. The Kier molecular flexibility index (Phi) is 16.6. The molecule has 0 radical (unpaired) electrons. The molecule has 0 aliphatic carbocycles. The third-order valence-corrected chi connectivity index (χ3v) is 7.88. The number of rotatable bonds is 23. The van der Waals surface area contributed by atoms with Gasteiger partial charge in [-0.3, -0.25) is 9.59 Å². The van der Waals surface area contributed by atoms with Crippen molar-refractivity contribution in [3.05, 3.63) is 42.5 Å². The molecule has 0 fully saturated rings. The van der Waals surface area contributed by atoms with Crippen LogP contribution in [0, 0.1) is 0 Å². The lowest BCUT2D eigenvalue weighted by Crippen LogP contribution is -2.36. The molecule has 2 N–H and O–H groups in total. The van der Waals surface area contributed by atoms with Gasteiger partial charge in [0.25, 0.3) is 0 Å². The smallest absolute Gasteiger partial charge is 0.219 e. The fourth-order valence-corrected chi connectivity index (χ4v) is 5.16. The van der Waals surface area contributed by atoms with Gasteiger partial charge in [0.15, 0.2) is 0 Å². The highest BCUT2D eigenvalue weighted by Gasteiger charge is 2.17. The van der Waals surface area contributed by atoms with E-state index in [1.54, 1.807) is 0 Å². The minimum atomic E-state index is 0.0663. The van der Waals surface area contributed by atoms with Crippen molar-refractivity contribution in [3.63, 3.8) is 0 Å². The number of aryl methyl sites for hydroxylation is 1. The predicted octanol–water partition coefficient (Wildman–Crippen LogP) is 4.45. The SMILES string of the molecule is CCC(=O)NCCCOCCOCCOCCCNC(=O)CCCCC[n+]1c2cc(N(C)C)ccc2cc2ccc(N(C)C)cc21. The van der Waals surface area contributed by atoms with E-state index in [1.165, 1.54) is 33.2 Å². The van der Waals surface area contributed by atoms with E-state index in [-0.39, 0.29) is 11.8 Å². The zero-order valence-corrected chi connectivity index (χ0v) is 28.7. The number of carbonyl (C=O) groups excluding carboxylic acids is 2. The summed E-state index contributed by atoms with van der Waals surface area (Å²) in [5, 5.41) is 8.31. The van der Waals surface area contributed by atoms with Gasteiger partial charge in [-0.25, -0.2) is 0 Å². The van der Waals surface area contributed by atoms with Crippen LogP contribution < -0.4 is 25.0 Å². The fraction of sp³-hybridized carbons (Fsp3) is 0.583. The third-order valence-electron chi connectivity index (χ3n) is 7.88. The number of carbonyl (C=O) groups is 2. The molecular formula is C36H56N5O5+. The molecule has 0 spiro atoms.